The third-order valence-corrected chi connectivity index (χ3v) is 5.34. The zero-order chi connectivity index (χ0) is 15.6. The SMILES string of the molecule is CC1CCCC1Cn1c(C(C)(C)C)cnc1SCC(=O)O. The summed E-state index contributed by atoms with van der Waals surface area (Å²) in [6.07, 6.45) is 5.81. The van der Waals surface area contributed by atoms with Crippen LogP contribution >= 0.6 is 11.8 Å². The Hall–Kier alpha value is -0.970. The van der Waals surface area contributed by atoms with Crippen molar-refractivity contribution in [3.8, 4) is 0 Å². The van der Waals surface area contributed by atoms with E-state index in [0.29, 0.717) is 5.92 Å². The number of carboxylic acid groups (broad SMARTS) is 1. The van der Waals surface area contributed by atoms with Gasteiger partial charge < -0.3 is 9.67 Å². The number of rotatable bonds is 5. The van der Waals surface area contributed by atoms with Crippen molar-refractivity contribution in [1.82, 2.24) is 9.55 Å². The second kappa shape index (κ2) is 6.42. The Balaban J connectivity index is 2.25. The van der Waals surface area contributed by atoms with Gasteiger partial charge in [-0.25, -0.2) is 4.98 Å². The fourth-order valence-corrected chi connectivity index (χ4v) is 3.81. The molecule has 1 fully saturated rings. The molecule has 0 radical (unpaired) electrons. The minimum atomic E-state index is -0.791. The third kappa shape index (κ3) is 4.02. The average Bonchev–Trinajstić information content (AvgIpc) is 2.94. The molecule has 0 bridgehead atoms. The highest BCUT2D eigenvalue weighted by molar-refractivity contribution is 7.99. The third-order valence-electron chi connectivity index (χ3n) is 4.37. The first-order valence-corrected chi connectivity index (χ1v) is 8.68. The smallest absolute Gasteiger partial charge is 0.313 e. The van der Waals surface area contributed by atoms with Gasteiger partial charge in [0.15, 0.2) is 5.16 Å². The maximum absolute atomic E-state index is 10.8. The molecule has 5 heteroatoms. The van der Waals surface area contributed by atoms with Crippen LogP contribution in [0.25, 0.3) is 0 Å². The fourth-order valence-electron chi connectivity index (χ4n) is 3.10. The van der Waals surface area contributed by atoms with Crippen molar-refractivity contribution in [3.05, 3.63) is 11.9 Å². The van der Waals surface area contributed by atoms with E-state index in [0.717, 1.165) is 17.6 Å². The molecular formula is C16H26N2O2S. The Labute approximate surface area is 131 Å². The van der Waals surface area contributed by atoms with E-state index in [4.69, 9.17) is 5.11 Å². The summed E-state index contributed by atoms with van der Waals surface area (Å²) in [7, 11) is 0. The van der Waals surface area contributed by atoms with Crippen molar-refractivity contribution in [3.63, 3.8) is 0 Å². The zero-order valence-electron chi connectivity index (χ0n) is 13.4. The summed E-state index contributed by atoms with van der Waals surface area (Å²) in [5.74, 6) is 0.712. The number of hydrogen-bond donors (Lipinski definition) is 1. The van der Waals surface area contributed by atoms with E-state index in [9.17, 15) is 4.79 Å². The highest BCUT2D eigenvalue weighted by atomic mass is 32.2. The summed E-state index contributed by atoms with van der Waals surface area (Å²) >= 11 is 1.33. The van der Waals surface area contributed by atoms with Crippen molar-refractivity contribution in [2.45, 2.75) is 64.1 Å². The molecule has 1 aromatic rings. The van der Waals surface area contributed by atoms with Crippen LogP contribution in [-0.2, 0) is 16.8 Å². The number of thioether (sulfide) groups is 1. The predicted molar refractivity (Wildman–Crippen MR) is 85.8 cm³/mol. The summed E-state index contributed by atoms with van der Waals surface area (Å²) in [5.41, 5.74) is 1.23. The Kier molecular flexibility index (Phi) is 5.02. The number of aliphatic carboxylic acids is 1. The summed E-state index contributed by atoms with van der Waals surface area (Å²) in [6, 6.07) is 0. The lowest BCUT2D eigenvalue weighted by Gasteiger charge is -2.25. The molecule has 1 aliphatic carbocycles. The van der Waals surface area contributed by atoms with Crippen molar-refractivity contribution in [2.75, 3.05) is 5.75 Å². The average molecular weight is 310 g/mol. The van der Waals surface area contributed by atoms with Gasteiger partial charge in [0.25, 0.3) is 0 Å². The zero-order valence-corrected chi connectivity index (χ0v) is 14.2. The van der Waals surface area contributed by atoms with E-state index in [2.05, 4.69) is 37.2 Å². The summed E-state index contributed by atoms with van der Waals surface area (Å²) in [5, 5.41) is 9.75. The van der Waals surface area contributed by atoms with Crippen LogP contribution in [0, 0.1) is 11.8 Å². The van der Waals surface area contributed by atoms with E-state index >= 15 is 0 Å². The lowest BCUT2D eigenvalue weighted by atomic mass is 9.91. The van der Waals surface area contributed by atoms with Gasteiger partial charge in [-0.15, -0.1) is 0 Å². The molecule has 4 nitrogen and oxygen atoms in total. The molecular weight excluding hydrogens is 284 g/mol. The van der Waals surface area contributed by atoms with E-state index in [1.807, 2.05) is 6.20 Å². The first kappa shape index (κ1) is 16.4. The van der Waals surface area contributed by atoms with Gasteiger partial charge in [-0.05, 0) is 18.3 Å². The van der Waals surface area contributed by atoms with Gasteiger partial charge in [-0.3, -0.25) is 4.79 Å². The molecule has 1 N–H and O–H groups in total. The molecule has 2 rings (SSSR count). The van der Waals surface area contributed by atoms with Crippen LogP contribution in [0.2, 0.25) is 0 Å². The van der Waals surface area contributed by atoms with Crippen LogP contribution < -0.4 is 0 Å². The molecule has 2 atom stereocenters. The highest BCUT2D eigenvalue weighted by Crippen LogP contribution is 2.35. The quantitative estimate of drug-likeness (QED) is 0.841. The molecule has 2 unspecified atom stereocenters. The molecule has 0 aromatic carbocycles. The second-order valence-electron chi connectivity index (χ2n) is 7.14. The predicted octanol–water partition coefficient (Wildman–Crippen LogP) is 3.79. The molecule has 1 aliphatic rings. The van der Waals surface area contributed by atoms with Crippen LogP contribution in [0.4, 0.5) is 0 Å². The first-order valence-electron chi connectivity index (χ1n) is 7.69. The number of carbonyl (C=O) groups is 1. The van der Waals surface area contributed by atoms with Gasteiger partial charge in [-0.1, -0.05) is 52.3 Å². The summed E-state index contributed by atoms with van der Waals surface area (Å²) in [4.78, 5) is 15.3. The normalized spacial score (nSPS) is 22.7. The molecule has 0 spiro atoms. The first-order chi connectivity index (χ1) is 9.79. The van der Waals surface area contributed by atoms with Gasteiger partial charge in [0.2, 0.25) is 0 Å². The second-order valence-corrected chi connectivity index (χ2v) is 8.08. The highest BCUT2D eigenvalue weighted by Gasteiger charge is 2.28. The number of imidazole rings is 1. The molecule has 1 aromatic heterocycles. The topological polar surface area (TPSA) is 55.1 Å². The number of aromatic nitrogens is 2. The van der Waals surface area contributed by atoms with Gasteiger partial charge in [0.05, 0.1) is 5.75 Å². The lowest BCUT2D eigenvalue weighted by Crippen LogP contribution is -2.22. The van der Waals surface area contributed by atoms with Crippen LogP contribution in [0.3, 0.4) is 0 Å². The van der Waals surface area contributed by atoms with Crippen LogP contribution in [0.5, 0.6) is 0 Å². The standard InChI is InChI=1S/C16H26N2O2S/c1-11-6-5-7-12(11)9-18-13(16(2,3)4)8-17-15(18)21-10-14(19)20/h8,11-12H,5-7,9-10H2,1-4H3,(H,19,20). The van der Waals surface area contributed by atoms with Crippen LogP contribution in [0.15, 0.2) is 11.4 Å². The maximum atomic E-state index is 10.8. The summed E-state index contributed by atoms with van der Waals surface area (Å²) < 4.78 is 2.26. The Morgan fingerprint density at radius 1 is 1.48 bits per heavy atom. The monoisotopic (exact) mass is 310 g/mol. The van der Waals surface area contributed by atoms with Crippen LogP contribution in [0.1, 0.15) is 52.7 Å². The molecule has 0 aliphatic heterocycles. The number of carboxylic acids is 1. The molecule has 0 saturated heterocycles. The Morgan fingerprint density at radius 2 is 2.19 bits per heavy atom. The van der Waals surface area contributed by atoms with Gasteiger partial charge >= 0.3 is 5.97 Å². The Bertz CT molecular complexity index is 505. The van der Waals surface area contributed by atoms with Crippen molar-refractivity contribution in [2.24, 2.45) is 11.8 Å². The number of hydrogen-bond acceptors (Lipinski definition) is 3. The van der Waals surface area contributed by atoms with Crippen molar-refractivity contribution >= 4 is 17.7 Å². The van der Waals surface area contributed by atoms with Crippen molar-refractivity contribution < 1.29 is 9.90 Å². The molecule has 0 amide bonds. The van der Waals surface area contributed by atoms with E-state index in [-0.39, 0.29) is 11.2 Å². The van der Waals surface area contributed by atoms with Crippen LogP contribution in [-0.4, -0.2) is 26.4 Å². The number of nitrogens with zero attached hydrogens (tertiary/aromatic N) is 2. The van der Waals surface area contributed by atoms with E-state index in [1.165, 1.54) is 36.7 Å². The largest absolute Gasteiger partial charge is 0.481 e. The van der Waals surface area contributed by atoms with Gasteiger partial charge in [0, 0.05) is 23.9 Å². The molecule has 1 heterocycles. The van der Waals surface area contributed by atoms with Crippen molar-refractivity contribution in [1.29, 1.82) is 0 Å². The maximum Gasteiger partial charge on any atom is 0.313 e. The molecule has 21 heavy (non-hydrogen) atoms. The lowest BCUT2D eigenvalue weighted by molar-refractivity contribution is -0.133. The molecule has 1 saturated carbocycles. The van der Waals surface area contributed by atoms with E-state index in [1.54, 1.807) is 0 Å². The summed E-state index contributed by atoms with van der Waals surface area (Å²) in [6.45, 7) is 9.85. The minimum absolute atomic E-state index is 0.0247. The fraction of sp³-hybridized carbons (Fsp3) is 0.750. The Morgan fingerprint density at radius 3 is 2.71 bits per heavy atom. The van der Waals surface area contributed by atoms with E-state index < -0.39 is 5.97 Å². The van der Waals surface area contributed by atoms with Gasteiger partial charge in [0.1, 0.15) is 0 Å². The minimum Gasteiger partial charge on any atom is -0.481 e. The van der Waals surface area contributed by atoms with Gasteiger partial charge in [-0.2, -0.15) is 0 Å². The molecule has 118 valence electrons.